The molecular weight excluding hydrogens is 382 g/mol. The van der Waals surface area contributed by atoms with Crippen LogP contribution in [-0.4, -0.2) is 33.1 Å². The van der Waals surface area contributed by atoms with E-state index in [4.69, 9.17) is 17.4 Å². The van der Waals surface area contributed by atoms with Gasteiger partial charge in [0.2, 0.25) is 11.1 Å². The maximum atomic E-state index is 12.0. The Hall–Kier alpha value is -2.51. The second-order valence-electron chi connectivity index (χ2n) is 6.06. The van der Waals surface area contributed by atoms with E-state index in [1.165, 1.54) is 16.4 Å². The molecule has 0 aliphatic rings. The Morgan fingerprint density at radius 1 is 1.15 bits per heavy atom. The maximum Gasteiger partial charge on any atom is 0.230 e. The average Bonchev–Trinajstić information content (AvgIpc) is 3.03. The van der Waals surface area contributed by atoms with E-state index in [1.54, 1.807) is 0 Å². The first-order valence-corrected chi connectivity index (χ1v) is 9.81. The molecule has 1 amide bonds. The summed E-state index contributed by atoms with van der Waals surface area (Å²) in [5.41, 5.74) is 3.17. The summed E-state index contributed by atoms with van der Waals surface area (Å²) in [6, 6.07) is 15.5. The zero-order valence-electron chi connectivity index (χ0n) is 14.9. The smallest absolute Gasteiger partial charge is 0.230 e. The molecule has 0 fully saturated rings. The lowest BCUT2D eigenvalue weighted by Crippen LogP contribution is -2.27. The van der Waals surface area contributed by atoms with Crippen molar-refractivity contribution in [2.24, 2.45) is 0 Å². The Morgan fingerprint density at radius 3 is 2.56 bits per heavy atom. The molecule has 0 atom stereocenters. The lowest BCUT2D eigenvalue weighted by molar-refractivity contribution is -0.118. The summed E-state index contributed by atoms with van der Waals surface area (Å²) in [6.07, 6.45) is 0.748. The number of carbonyl (C=O) groups excluding carboxylic acids is 1. The largest absolute Gasteiger partial charge is 0.355 e. The molecule has 27 heavy (non-hydrogen) atoms. The Balaban J connectivity index is 1.49. The first-order chi connectivity index (χ1) is 13.0. The third kappa shape index (κ3) is 5.24. The highest BCUT2D eigenvalue weighted by molar-refractivity contribution is 7.99. The van der Waals surface area contributed by atoms with E-state index in [9.17, 15) is 4.79 Å². The fourth-order valence-electron chi connectivity index (χ4n) is 2.45. The molecule has 0 saturated heterocycles. The van der Waals surface area contributed by atoms with Crippen molar-refractivity contribution in [1.82, 2.24) is 20.2 Å². The van der Waals surface area contributed by atoms with Crippen LogP contribution in [-0.2, 0) is 11.2 Å². The summed E-state index contributed by atoms with van der Waals surface area (Å²) < 4.78 is 1.41. The van der Waals surface area contributed by atoms with Crippen molar-refractivity contribution in [3.63, 3.8) is 0 Å². The third-order valence-corrected chi connectivity index (χ3v) is 5.15. The van der Waals surface area contributed by atoms with Gasteiger partial charge in [0, 0.05) is 17.1 Å². The van der Waals surface area contributed by atoms with Gasteiger partial charge in [-0.1, -0.05) is 65.3 Å². The average molecular weight is 402 g/mol. The molecule has 0 unspecified atom stereocenters. The molecule has 3 rings (SSSR count). The number of nitrogens with two attached hydrogens (primary N) is 1. The Labute approximate surface area is 167 Å². The van der Waals surface area contributed by atoms with Gasteiger partial charge in [0.05, 0.1) is 5.75 Å². The molecule has 1 aromatic heterocycles. The Morgan fingerprint density at radius 2 is 1.85 bits per heavy atom. The number of thioether (sulfide) groups is 1. The molecule has 0 spiro atoms. The molecule has 140 valence electrons. The first kappa shape index (κ1) is 19.3. The molecule has 3 aromatic rings. The van der Waals surface area contributed by atoms with Crippen LogP contribution in [0.3, 0.4) is 0 Å². The van der Waals surface area contributed by atoms with Crippen LogP contribution in [0.1, 0.15) is 11.1 Å². The number of nitrogens with one attached hydrogen (secondary N) is 1. The van der Waals surface area contributed by atoms with Crippen LogP contribution in [0.25, 0.3) is 11.4 Å². The van der Waals surface area contributed by atoms with Gasteiger partial charge in [-0.3, -0.25) is 4.79 Å². The van der Waals surface area contributed by atoms with Crippen LogP contribution in [0.4, 0.5) is 0 Å². The van der Waals surface area contributed by atoms with E-state index in [-0.39, 0.29) is 11.7 Å². The quantitative estimate of drug-likeness (QED) is 0.469. The minimum atomic E-state index is -0.0751. The Bertz CT molecular complexity index is 909. The number of rotatable bonds is 7. The molecule has 2 aromatic carbocycles. The van der Waals surface area contributed by atoms with Gasteiger partial charge in [-0.2, -0.15) is 0 Å². The van der Waals surface area contributed by atoms with Gasteiger partial charge in [0.15, 0.2) is 5.82 Å². The summed E-state index contributed by atoms with van der Waals surface area (Å²) in [6.45, 7) is 2.58. The Kier molecular flexibility index (Phi) is 6.36. The van der Waals surface area contributed by atoms with Gasteiger partial charge in [-0.15, -0.1) is 10.2 Å². The zero-order valence-corrected chi connectivity index (χ0v) is 16.4. The van der Waals surface area contributed by atoms with Crippen LogP contribution < -0.4 is 11.2 Å². The number of nitrogen functional groups attached to an aromatic ring is 1. The van der Waals surface area contributed by atoms with Gasteiger partial charge < -0.3 is 11.2 Å². The number of carbonyl (C=O) groups is 1. The fraction of sp³-hybridized carbons (Fsp3) is 0.211. The normalized spacial score (nSPS) is 10.7. The van der Waals surface area contributed by atoms with Gasteiger partial charge in [-0.25, -0.2) is 4.68 Å². The minimum absolute atomic E-state index is 0.0751. The number of hydrogen-bond acceptors (Lipinski definition) is 5. The van der Waals surface area contributed by atoms with Gasteiger partial charge >= 0.3 is 0 Å². The number of aromatic nitrogens is 3. The highest BCUT2D eigenvalue weighted by Crippen LogP contribution is 2.21. The molecule has 0 aliphatic carbocycles. The van der Waals surface area contributed by atoms with Crippen LogP contribution >= 0.6 is 23.4 Å². The van der Waals surface area contributed by atoms with E-state index in [1.807, 2.05) is 55.5 Å². The van der Waals surface area contributed by atoms with Crippen LogP contribution in [0.2, 0.25) is 5.02 Å². The second-order valence-corrected chi connectivity index (χ2v) is 7.44. The van der Waals surface area contributed by atoms with Crippen LogP contribution in [0.15, 0.2) is 53.7 Å². The molecule has 3 N–H and O–H groups in total. The monoisotopic (exact) mass is 401 g/mol. The highest BCUT2D eigenvalue weighted by Gasteiger charge is 2.13. The van der Waals surface area contributed by atoms with E-state index in [0.29, 0.717) is 22.5 Å². The second kappa shape index (κ2) is 8.92. The number of benzene rings is 2. The van der Waals surface area contributed by atoms with Gasteiger partial charge in [0.1, 0.15) is 0 Å². The van der Waals surface area contributed by atoms with Crippen molar-refractivity contribution in [3.05, 3.63) is 64.7 Å². The summed E-state index contributed by atoms with van der Waals surface area (Å²) in [4.78, 5) is 12.0. The fourth-order valence-corrected chi connectivity index (χ4v) is 3.27. The molecule has 0 bridgehead atoms. The number of nitrogens with zero attached hydrogens (tertiary/aromatic N) is 3. The van der Waals surface area contributed by atoms with E-state index >= 15 is 0 Å². The number of halogens is 1. The van der Waals surface area contributed by atoms with Crippen LogP contribution in [0, 0.1) is 6.92 Å². The van der Waals surface area contributed by atoms with E-state index in [0.717, 1.165) is 23.1 Å². The van der Waals surface area contributed by atoms with Crippen molar-refractivity contribution in [2.75, 3.05) is 18.1 Å². The van der Waals surface area contributed by atoms with Crippen molar-refractivity contribution in [1.29, 1.82) is 0 Å². The summed E-state index contributed by atoms with van der Waals surface area (Å²) >= 11 is 7.12. The summed E-state index contributed by atoms with van der Waals surface area (Å²) in [5, 5.41) is 12.3. The van der Waals surface area contributed by atoms with Crippen molar-refractivity contribution in [3.8, 4) is 11.4 Å². The molecule has 0 radical (unpaired) electrons. The lowest BCUT2D eigenvalue weighted by atomic mass is 10.1. The van der Waals surface area contributed by atoms with E-state index < -0.39 is 0 Å². The minimum Gasteiger partial charge on any atom is -0.355 e. The summed E-state index contributed by atoms with van der Waals surface area (Å²) in [5.74, 6) is 6.80. The van der Waals surface area contributed by atoms with E-state index in [2.05, 4.69) is 15.5 Å². The molecule has 6 nitrogen and oxygen atoms in total. The standard InChI is InChI=1S/C19H20ClN5OS/c1-13-2-6-15(7-3-13)18-23-24-19(25(18)21)27-12-17(26)22-11-10-14-4-8-16(20)9-5-14/h2-9H,10-12,21H2,1H3,(H,22,26). The molecule has 8 heteroatoms. The molecule has 0 saturated carbocycles. The SMILES string of the molecule is Cc1ccc(-c2nnc(SCC(=O)NCCc3ccc(Cl)cc3)n2N)cc1. The molecular formula is C19H20ClN5OS. The van der Waals surface area contributed by atoms with Gasteiger partial charge in [-0.05, 0) is 31.0 Å². The molecule has 1 heterocycles. The number of aryl methyl sites for hydroxylation is 1. The topological polar surface area (TPSA) is 85.8 Å². The van der Waals surface area contributed by atoms with Crippen molar-refractivity contribution in [2.45, 2.75) is 18.5 Å². The van der Waals surface area contributed by atoms with Crippen molar-refractivity contribution >= 4 is 29.3 Å². The number of hydrogen-bond donors (Lipinski definition) is 2. The van der Waals surface area contributed by atoms with Crippen LogP contribution in [0.5, 0.6) is 0 Å². The zero-order chi connectivity index (χ0) is 19.2. The third-order valence-electron chi connectivity index (χ3n) is 3.96. The molecule has 0 aliphatic heterocycles. The predicted molar refractivity (Wildman–Crippen MR) is 109 cm³/mol. The summed E-state index contributed by atoms with van der Waals surface area (Å²) in [7, 11) is 0. The van der Waals surface area contributed by atoms with Crippen molar-refractivity contribution < 1.29 is 4.79 Å². The van der Waals surface area contributed by atoms with Gasteiger partial charge in [0.25, 0.3) is 0 Å². The maximum absolute atomic E-state index is 12.0. The first-order valence-electron chi connectivity index (χ1n) is 8.44. The predicted octanol–water partition coefficient (Wildman–Crippen LogP) is 3.07. The lowest BCUT2D eigenvalue weighted by Gasteiger charge is -2.06. The highest BCUT2D eigenvalue weighted by atomic mass is 35.5. The number of amides is 1.